The maximum Gasteiger partial charge on any atom is 0.342 e. The highest BCUT2D eigenvalue weighted by Crippen LogP contribution is 2.35. The van der Waals surface area contributed by atoms with E-state index < -0.39 is 5.97 Å². The van der Waals surface area contributed by atoms with Crippen molar-refractivity contribution in [1.29, 1.82) is 0 Å². The Balaban J connectivity index is 2.28. The van der Waals surface area contributed by atoms with Crippen molar-refractivity contribution in [2.75, 3.05) is 6.61 Å². The lowest BCUT2D eigenvalue weighted by Gasteiger charge is -2.01. The number of phenolic OH excluding ortho intramolecular Hbond substituents is 1. The minimum atomic E-state index is -0.493. The van der Waals surface area contributed by atoms with Gasteiger partial charge >= 0.3 is 5.97 Å². The van der Waals surface area contributed by atoms with Crippen LogP contribution < -0.4 is 0 Å². The largest absolute Gasteiger partial charge is 0.508 e. The van der Waals surface area contributed by atoms with Crippen molar-refractivity contribution >= 4 is 16.9 Å². The highest BCUT2D eigenvalue weighted by molar-refractivity contribution is 6.09. The summed E-state index contributed by atoms with van der Waals surface area (Å²) in [5, 5.41) is 10.1. The van der Waals surface area contributed by atoms with Crippen LogP contribution in [-0.2, 0) is 4.74 Å². The fourth-order valence-corrected chi connectivity index (χ4v) is 2.09. The minimum Gasteiger partial charge on any atom is -0.508 e. The third-order valence-electron chi connectivity index (χ3n) is 2.93. The van der Waals surface area contributed by atoms with Crippen molar-refractivity contribution in [2.24, 2.45) is 0 Å². The fraction of sp³-hybridized carbons (Fsp3) is 0.133. The number of aromatic hydroxyl groups is 1. The summed E-state index contributed by atoms with van der Waals surface area (Å²) >= 11 is 0. The monoisotopic (exact) mass is 272 g/mol. The average Bonchev–Trinajstić information content (AvgIpc) is 3.05. The quantitative estimate of drug-likeness (QED) is 0.738. The molecule has 0 aliphatic rings. The third-order valence-corrected chi connectivity index (χ3v) is 2.93. The molecule has 0 aliphatic carbocycles. The maximum atomic E-state index is 12.2. The van der Waals surface area contributed by atoms with E-state index in [4.69, 9.17) is 13.6 Å². The molecule has 0 saturated carbocycles. The minimum absolute atomic E-state index is 0.0580. The number of furan rings is 2. The first-order valence-corrected chi connectivity index (χ1v) is 6.16. The van der Waals surface area contributed by atoms with Crippen molar-refractivity contribution in [3.05, 3.63) is 42.4 Å². The number of hydrogen-bond acceptors (Lipinski definition) is 5. The number of hydrogen-bond donors (Lipinski definition) is 1. The van der Waals surface area contributed by atoms with Gasteiger partial charge in [0, 0.05) is 5.39 Å². The number of phenols is 1. The molecule has 0 aliphatic heterocycles. The van der Waals surface area contributed by atoms with E-state index in [0.29, 0.717) is 27.9 Å². The molecule has 2 aromatic heterocycles. The number of fused-ring (bicyclic) bond motifs is 1. The number of carbonyl (C=O) groups is 1. The van der Waals surface area contributed by atoms with Crippen molar-refractivity contribution in [1.82, 2.24) is 0 Å². The van der Waals surface area contributed by atoms with Gasteiger partial charge in [0.1, 0.15) is 23.2 Å². The van der Waals surface area contributed by atoms with Crippen LogP contribution in [0.4, 0.5) is 0 Å². The molecule has 5 heteroatoms. The van der Waals surface area contributed by atoms with Crippen LogP contribution in [0.2, 0.25) is 0 Å². The second-order valence-electron chi connectivity index (χ2n) is 4.22. The first-order valence-electron chi connectivity index (χ1n) is 6.16. The molecule has 0 spiro atoms. The van der Waals surface area contributed by atoms with Gasteiger partial charge in [-0.1, -0.05) is 0 Å². The molecule has 3 rings (SSSR count). The highest BCUT2D eigenvalue weighted by Gasteiger charge is 2.24. The van der Waals surface area contributed by atoms with E-state index in [-0.39, 0.29) is 12.4 Å². The zero-order valence-electron chi connectivity index (χ0n) is 10.8. The van der Waals surface area contributed by atoms with Crippen LogP contribution >= 0.6 is 0 Å². The second-order valence-corrected chi connectivity index (χ2v) is 4.22. The predicted molar refractivity (Wildman–Crippen MR) is 71.5 cm³/mol. The first kappa shape index (κ1) is 12.3. The summed E-state index contributed by atoms with van der Waals surface area (Å²) in [5.74, 6) is -0.0616. The predicted octanol–water partition coefficient (Wildman–Crippen LogP) is 3.58. The van der Waals surface area contributed by atoms with Crippen LogP contribution in [-0.4, -0.2) is 17.7 Å². The summed E-state index contributed by atoms with van der Waals surface area (Å²) in [4.78, 5) is 12.2. The molecule has 0 saturated heterocycles. The molecule has 0 fully saturated rings. The fourth-order valence-electron chi connectivity index (χ4n) is 2.09. The van der Waals surface area contributed by atoms with Gasteiger partial charge in [0.15, 0.2) is 5.76 Å². The number of rotatable bonds is 3. The van der Waals surface area contributed by atoms with E-state index in [2.05, 4.69) is 0 Å². The van der Waals surface area contributed by atoms with Crippen molar-refractivity contribution in [3.8, 4) is 17.1 Å². The average molecular weight is 272 g/mol. The van der Waals surface area contributed by atoms with Crippen LogP contribution in [0.1, 0.15) is 17.3 Å². The molecule has 2 heterocycles. The van der Waals surface area contributed by atoms with E-state index in [0.717, 1.165) is 0 Å². The smallest absolute Gasteiger partial charge is 0.342 e. The second kappa shape index (κ2) is 4.77. The van der Waals surface area contributed by atoms with E-state index in [1.807, 2.05) is 0 Å². The Morgan fingerprint density at radius 2 is 2.20 bits per heavy atom. The van der Waals surface area contributed by atoms with Gasteiger partial charge in [0.25, 0.3) is 0 Å². The molecule has 0 atom stereocenters. The highest BCUT2D eigenvalue weighted by atomic mass is 16.5. The zero-order valence-corrected chi connectivity index (χ0v) is 10.8. The summed E-state index contributed by atoms with van der Waals surface area (Å²) in [6.45, 7) is 1.99. The summed E-state index contributed by atoms with van der Waals surface area (Å²) < 4.78 is 15.8. The number of ether oxygens (including phenoxy) is 1. The van der Waals surface area contributed by atoms with E-state index in [9.17, 15) is 9.90 Å². The summed E-state index contributed by atoms with van der Waals surface area (Å²) in [7, 11) is 0. The molecule has 0 radical (unpaired) electrons. The van der Waals surface area contributed by atoms with Gasteiger partial charge in [0.2, 0.25) is 0 Å². The van der Waals surface area contributed by atoms with Gasteiger partial charge in [-0.15, -0.1) is 0 Å². The summed E-state index contributed by atoms with van der Waals surface area (Å²) in [6.07, 6.45) is 2.98. The standard InChI is InChI=1S/C15H12O5/c1-2-19-15(17)13-11-7-10(16)3-4-12(11)20-14(13)9-5-6-18-8-9/h3-8,16H,2H2,1H3. The van der Waals surface area contributed by atoms with Crippen molar-refractivity contribution in [2.45, 2.75) is 6.92 Å². The summed E-state index contributed by atoms with van der Waals surface area (Å²) in [5.41, 5.74) is 1.44. The van der Waals surface area contributed by atoms with Gasteiger partial charge in [-0.2, -0.15) is 0 Å². The molecule has 0 amide bonds. The number of benzene rings is 1. The molecule has 20 heavy (non-hydrogen) atoms. The van der Waals surface area contributed by atoms with E-state index >= 15 is 0 Å². The van der Waals surface area contributed by atoms with Crippen LogP contribution in [0.3, 0.4) is 0 Å². The zero-order chi connectivity index (χ0) is 14.1. The number of carbonyl (C=O) groups excluding carboxylic acids is 1. The Morgan fingerprint density at radius 1 is 1.35 bits per heavy atom. The van der Waals surface area contributed by atoms with Gasteiger partial charge in [0.05, 0.1) is 18.4 Å². The Kier molecular flexibility index (Phi) is 2.95. The van der Waals surface area contributed by atoms with Crippen molar-refractivity contribution < 1.29 is 23.5 Å². The topological polar surface area (TPSA) is 72.8 Å². The molecule has 0 unspecified atom stereocenters. The van der Waals surface area contributed by atoms with E-state index in [1.54, 1.807) is 19.1 Å². The van der Waals surface area contributed by atoms with Crippen molar-refractivity contribution in [3.63, 3.8) is 0 Å². The van der Waals surface area contributed by atoms with Crippen LogP contribution in [0.5, 0.6) is 5.75 Å². The lowest BCUT2D eigenvalue weighted by atomic mass is 10.1. The third kappa shape index (κ3) is 1.93. The molecule has 1 N–H and O–H groups in total. The number of esters is 1. The molecule has 3 aromatic rings. The Hall–Kier alpha value is -2.69. The van der Waals surface area contributed by atoms with Crippen LogP contribution in [0.15, 0.2) is 45.6 Å². The Bertz CT molecular complexity index is 752. The lowest BCUT2D eigenvalue weighted by Crippen LogP contribution is -2.05. The lowest BCUT2D eigenvalue weighted by molar-refractivity contribution is 0.0529. The summed E-state index contributed by atoms with van der Waals surface area (Å²) in [6, 6.07) is 6.28. The first-order chi connectivity index (χ1) is 9.70. The van der Waals surface area contributed by atoms with E-state index in [1.165, 1.54) is 24.7 Å². The van der Waals surface area contributed by atoms with Crippen LogP contribution in [0, 0.1) is 0 Å². The van der Waals surface area contributed by atoms with Gasteiger partial charge in [-0.05, 0) is 31.2 Å². The normalized spacial score (nSPS) is 10.8. The maximum absolute atomic E-state index is 12.2. The van der Waals surface area contributed by atoms with Gasteiger partial charge in [-0.25, -0.2) is 4.79 Å². The van der Waals surface area contributed by atoms with Gasteiger partial charge in [-0.3, -0.25) is 0 Å². The molecule has 0 bridgehead atoms. The van der Waals surface area contributed by atoms with Crippen LogP contribution in [0.25, 0.3) is 22.3 Å². The molecule has 5 nitrogen and oxygen atoms in total. The molecule has 1 aromatic carbocycles. The molecular formula is C15H12O5. The molecular weight excluding hydrogens is 260 g/mol. The SMILES string of the molecule is CCOC(=O)c1c(-c2ccoc2)oc2ccc(O)cc12. The Morgan fingerprint density at radius 3 is 2.90 bits per heavy atom. The molecule has 102 valence electrons. The Labute approximate surface area is 114 Å². The van der Waals surface area contributed by atoms with Gasteiger partial charge < -0.3 is 18.7 Å².